The second-order valence-corrected chi connectivity index (χ2v) is 7.54. The zero-order valence-corrected chi connectivity index (χ0v) is 15.8. The van der Waals surface area contributed by atoms with Crippen molar-refractivity contribution in [2.24, 2.45) is 0 Å². The summed E-state index contributed by atoms with van der Waals surface area (Å²) in [6, 6.07) is 0.271. The standard InChI is InChI=1S/C18H23N3O3S/c1-5-12-10(4)25-18(15(12)17(23)19-11-7-8-11)20-16(22)14-9(3)24-21-13(14)6-2/h11H,5-8H2,1-4H3,(H,19,23)(H,20,22). The van der Waals surface area contributed by atoms with E-state index in [1.165, 1.54) is 11.3 Å². The van der Waals surface area contributed by atoms with E-state index in [4.69, 9.17) is 4.52 Å². The first-order chi connectivity index (χ1) is 12.0. The van der Waals surface area contributed by atoms with Gasteiger partial charge in [-0.3, -0.25) is 9.59 Å². The van der Waals surface area contributed by atoms with Gasteiger partial charge >= 0.3 is 0 Å². The number of aryl methyl sites for hydroxylation is 3. The van der Waals surface area contributed by atoms with E-state index in [1.54, 1.807) is 6.92 Å². The van der Waals surface area contributed by atoms with Crippen molar-refractivity contribution in [3.05, 3.63) is 33.0 Å². The number of carbonyl (C=O) groups excluding carboxylic acids is 2. The number of rotatable bonds is 6. The van der Waals surface area contributed by atoms with Gasteiger partial charge in [-0.25, -0.2) is 0 Å². The van der Waals surface area contributed by atoms with E-state index in [9.17, 15) is 9.59 Å². The van der Waals surface area contributed by atoms with E-state index in [-0.39, 0.29) is 17.9 Å². The summed E-state index contributed by atoms with van der Waals surface area (Å²) in [7, 11) is 0. The zero-order chi connectivity index (χ0) is 18.1. The number of nitrogens with zero attached hydrogens (tertiary/aromatic N) is 1. The Bertz CT molecular complexity index is 818. The lowest BCUT2D eigenvalue weighted by molar-refractivity contribution is 0.0951. The minimum atomic E-state index is -0.278. The lowest BCUT2D eigenvalue weighted by Crippen LogP contribution is -2.27. The van der Waals surface area contributed by atoms with Crippen molar-refractivity contribution in [3.63, 3.8) is 0 Å². The third-order valence-electron chi connectivity index (χ3n) is 4.42. The lowest BCUT2D eigenvalue weighted by atomic mass is 10.1. The molecule has 2 N–H and O–H groups in total. The Morgan fingerprint density at radius 1 is 1.16 bits per heavy atom. The largest absolute Gasteiger partial charge is 0.361 e. The summed E-state index contributed by atoms with van der Waals surface area (Å²) in [5, 5.41) is 10.5. The van der Waals surface area contributed by atoms with E-state index < -0.39 is 0 Å². The Kier molecular flexibility index (Phi) is 4.94. The van der Waals surface area contributed by atoms with E-state index in [0.717, 1.165) is 29.7 Å². The molecule has 1 aliphatic carbocycles. The summed E-state index contributed by atoms with van der Waals surface area (Å²) in [4.78, 5) is 26.5. The normalized spacial score (nSPS) is 13.8. The molecule has 1 aliphatic rings. The Morgan fingerprint density at radius 2 is 1.88 bits per heavy atom. The minimum Gasteiger partial charge on any atom is -0.361 e. The maximum atomic E-state index is 12.8. The zero-order valence-electron chi connectivity index (χ0n) is 15.0. The number of thiophene rings is 1. The van der Waals surface area contributed by atoms with Crippen LogP contribution in [0.1, 0.15) is 69.3 Å². The van der Waals surface area contributed by atoms with Crippen molar-refractivity contribution >= 4 is 28.2 Å². The fraction of sp³-hybridized carbons (Fsp3) is 0.500. The number of anilines is 1. The fourth-order valence-electron chi connectivity index (χ4n) is 2.93. The molecular formula is C18H23N3O3S. The summed E-state index contributed by atoms with van der Waals surface area (Å²) < 4.78 is 5.15. The first kappa shape index (κ1) is 17.7. The van der Waals surface area contributed by atoms with Crippen molar-refractivity contribution in [1.29, 1.82) is 0 Å². The van der Waals surface area contributed by atoms with Gasteiger partial charge in [0.15, 0.2) is 0 Å². The van der Waals surface area contributed by atoms with Gasteiger partial charge in [0.05, 0.1) is 11.3 Å². The van der Waals surface area contributed by atoms with Crippen LogP contribution >= 0.6 is 11.3 Å². The van der Waals surface area contributed by atoms with Gasteiger partial charge in [-0.15, -0.1) is 11.3 Å². The molecule has 0 bridgehead atoms. The van der Waals surface area contributed by atoms with Gasteiger partial charge in [0.1, 0.15) is 16.3 Å². The highest BCUT2D eigenvalue weighted by Crippen LogP contribution is 2.35. The predicted molar refractivity (Wildman–Crippen MR) is 97.5 cm³/mol. The number of carbonyl (C=O) groups is 2. The molecule has 0 aromatic carbocycles. The monoisotopic (exact) mass is 361 g/mol. The number of aromatic nitrogens is 1. The molecule has 1 fully saturated rings. The van der Waals surface area contributed by atoms with Crippen LogP contribution in [0.25, 0.3) is 0 Å². The SMILES string of the molecule is CCc1noc(C)c1C(=O)Nc1sc(C)c(CC)c1C(=O)NC1CC1. The molecule has 3 rings (SSSR count). The van der Waals surface area contributed by atoms with Crippen molar-refractivity contribution < 1.29 is 14.1 Å². The van der Waals surface area contributed by atoms with Gasteiger partial charge in [0.25, 0.3) is 11.8 Å². The molecule has 0 atom stereocenters. The Hall–Kier alpha value is -2.15. The summed E-state index contributed by atoms with van der Waals surface area (Å²) in [6.07, 6.45) is 3.41. The molecule has 0 saturated heterocycles. The van der Waals surface area contributed by atoms with Crippen LogP contribution in [0.3, 0.4) is 0 Å². The van der Waals surface area contributed by atoms with Gasteiger partial charge in [0, 0.05) is 10.9 Å². The van der Waals surface area contributed by atoms with Crippen LogP contribution in [-0.2, 0) is 12.8 Å². The molecule has 0 aliphatic heterocycles. The molecule has 6 nitrogen and oxygen atoms in total. The summed E-state index contributed by atoms with van der Waals surface area (Å²) in [6.45, 7) is 7.65. The highest BCUT2D eigenvalue weighted by molar-refractivity contribution is 7.16. The highest BCUT2D eigenvalue weighted by Gasteiger charge is 2.29. The van der Waals surface area contributed by atoms with Crippen molar-refractivity contribution in [2.45, 2.75) is 59.4 Å². The van der Waals surface area contributed by atoms with Crippen molar-refractivity contribution in [3.8, 4) is 0 Å². The molecule has 25 heavy (non-hydrogen) atoms. The lowest BCUT2D eigenvalue weighted by Gasteiger charge is -2.09. The molecule has 134 valence electrons. The molecule has 2 aromatic heterocycles. The molecule has 2 aromatic rings. The quantitative estimate of drug-likeness (QED) is 0.823. The first-order valence-electron chi connectivity index (χ1n) is 8.65. The maximum absolute atomic E-state index is 12.8. The van der Waals surface area contributed by atoms with Gasteiger partial charge in [-0.05, 0) is 45.1 Å². The van der Waals surface area contributed by atoms with Gasteiger partial charge in [0.2, 0.25) is 0 Å². The summed E-state index contributed by atoms with van der Waals surface area (Å²) in [5.41, 5.74) is 2.68. The van der Waals surface area contributed by atoms with Gasteiger partial charge in [-0.2, -0.15) is 0 Å². The van der Waals surface area contributed by atoms with E-state index >= 15 is 0 Å². The Morgan fingerprint density at radius 3 is 2.48 bits per heavy atom. The highest BCUT2D eigenvalue weighted by atomic mass is 32.1. The summed E-state index contributed by atoms with van der Waals surface area (Å²) >= 11 is 1.44. The predicted octanol–water partition coefficient (Wildman–Crippen LogP) is 3.62. The minimum absolute atomic E-state index is 0.100. The Balaban J connectivity index is 1.92. The average molecular weight is 361 g/mol. The van der Waals surface area contributed by atoms with E-state index in [2.05, 4.69) is 15.8 Å². The molecule has 0 radical (unpaired) electrons. The topological polar surface area (TPSA) is 84.2 Å². The van der Waals surface area contributed by atoms with Crippen LogP contribution in [0.2, 0.25) is 0 Å². The van der Waals surface area contributed by atoms with Crippen LogP contribution in [0.4, 0.5) is 5.00 Å². The number of amides is 2. The second-order valence-electron chi connectivity index (χ2n) is 6.31. The van der Waals surface area contributed by atoms with Gasteiger partial charge in [-0.1, -0.05) is 19.0 Å². The molecule has 0 spiro atoms. The molecule has 2 amide bonds. The molecule has 0 unspecified atom stereocenters. The summed E-state index contributed by atoms with van der Waals surface area (Å²) in [5.74, 6) is 0.110. The first-order valence-corrected chi connectivity index (χ1v) is 9.47. The van der Waals surface area contributed by atoms with E-state index in [0.29, 0.717) is 34.0 Å². The van der Waals surface area contributed by atoms with E-state index in [1.807, 2.05) is 20.8 Å². The smallest absolute Gasteiger partial charge is 0.261 e. The van der Waals surface area contributed by atoms with Crippen LogP contribution in [0, 0.1) is 13.8 Å². The van der Waals surface area contributed by atoms with Crippen LogP contribution in [0.5, 0.6) is 0 Å². The third-order valence-corrected chi connectivity index (χ3v) is 5.49. The fourth-order valence-corrected chi connectivity index (χ4v) is 4.07. The molecular weight excluding hydrogens is 338 g/mol. The Labute approximate surface area is 151 Å². The van der Waals surface area contributed by atoms with Crippen LogP contribution in [0.15, 0.2) is 4.52 Å². The van der Waals surface area contributed by atoms with Crippen LogP contribution < -0.4 is 10.6 Å². The number of hydrogen-bond donors (Lipinski definition) is 2. The molecule has 7 heteroatoms. The van der Waals surface area contributed by atoms with Crippen LogP contribution in [-0.4, -0.2) is 23.0 Å². The van der Waals surface area contributed by atoms with Crippen molar-refractivity contribution in [2.75, 3.05) is 5.32 Å². The van der Waals surface area contributed by atoms with Gasteiger partial charge < -0.3 is 15.2 Å². The van der Waals surface area contributed by atoms with Crippen molar-refractivity contribution in [1.82, 2.24) is 10.5 Å². The average Bonchev–Trinajstić information content (AvgIpc) is 3.21. The second kappa shape index (κ2) is 7.00. The maximum Gasteiger partial charge on any atom is 0.261 e. The number of hydrogen-bond acceptors (Lipinski definition) is 5. The number of nitrogens with one attached hydrogen (secondary N) is 2. The molecule has 2 heterocycles. The third kappa shape index (κ3) is 3.46. The molecule has 1 saturated carbocycles.